The lowest BCUT2D eigenvalue weighted by atomic mass is 9.86. The van der Waals surface area contributed by atoms with Crippen LogP contribution in [0.1, 0.15) is 0 Å². The zero-order valence-corrected chi connectivity index (χ0v) is 14.1. The van der Waals surface area contributed by atoms with Crippen LogP contribution in [0.4, 0.5) is 0 Å². The van der Waals surface area contributed by atoms with Crippen LogP contribution < -0.4 is 0 Å². The Bertz CT molecular complexity index is 960. The summed E-state index contributed by atoms with van der Waals surface area (Å²) in [5, 5.41) is 21.4. The molecular weight excluding hydrogens is 320 g/mol. The maximum atomic E-state index is 10.7. The van der Waals surface area contributed by atoms with Crippen molar-refractivity contribution in [2.24, 2.45) is 0 Å². The van der Waals surface area contributed by atoms with Crippen LogP contribution in [-0.2, 0) is 0 Å². The van der Waals surface area contributed by atoms with E-state index in [1.165, 1.54) is 6.07 Å². The van der Waals surface area contributed by atoms with Crippen LogP contribution in [0.3, 0.4) is 0 Å². The molecule has 2 N–H and O–H groups in total. The third-order valence-corrected chi connectivity index (χ3v) is 4.47. The quantitative estimate of drug-likeness (QED) is 0.474. The lowest BCUT2D eigenvalue weighted by Gasteiger charge is -2.19. The van der Waals surface area contributed by atoms with Crippen molar-refractivity contribution in [1.29, 1.82) is 0 Å². The minimum absolute atomic E-state index is 0.0623. The van der Waals surface area contributed by atoms with Crippen molar-refractivity contribution in [3.8, 4) is 44.9 Å². The summed E-state index contributed by atoms with van der Waals surface area (Å²) in [6.07, 6.45) is 0. The van der Waals surface area contributed by atoms with Gasteiger partial charge in [0.15, 0.2) is 0 Å². The summed E-state index contributed by atoms with van der Waals surface area (Å²) < 4.78 is 0. The summed E-state index contributed by atoms with van der Waals surface area (Å²) in [7, 11) is 0. The van der Waals surface area contributed by atoms with Crippen molar-refractivity contribution < 1.29 is 10.2 Å². The van der Waals surface area contributed by atoms with E-state index in [0.29, 0.717) is 11.1 Å². The summed E-state index contributed by atoms with van der Waals surface area (Å²) in [5.41, 5.74) is 5.00. The van der Waals surface area contributed by atoms with Crippen LogP contribution in [0.5, 0.6) is 11.5 Å². The molecule has 4 aromatic carbocycles. The maximum Gasteiger partial charge on any atom is 0.127 e. The highest BCUT2D eigenvalue weighted by molar-refractivity contribution is 5.99. The average molecular weight is 338 g/mol. The van der Waals surface area contributed by atoms with E-state index < -0.39 is 0 Å². The molecule has 0 heterocycles. The van der Waals surface area contributed by atoms with Gasteiger partial charge in [-0.2, -0.15) is 0 Å². The van der Waals surface area contributed by atoms with Crippen molar-refractivity contribution in [3.63, 3.8) is 0 Å². The zero-order chi connectivity index (χ0) is 17.9. The summed E-state index contributed by atoms with van der Waals surface area (Å²) in [4.78, 5) is 0. The highest BCUT2D eigenvalue weighted by Gasteiger charge is 2.21. The Morgan fingerprint density at radius 3 is 1.04 bits per heavy atom. The molecule has 0 fully saturated rings. The highest BCUT2D eigenvalue weighted by Crippen LogP contribution is 2.49. The van der Waals surface area contributed by atoms with Crippen molar-refractivity contribution in [3.05, 3.63) is 97.1 Å². The highest BCUT2D eigenvalue weighted by atomic mass is 16.3. The molecule has 4 aromatic rings. The molecule has 4 rings (SSSR count). The second kappa shape index (κ2) is 6.77. The fourth-order valence-electron chi connectivity index (χ4n) is 3.34. The summed E-state index contributed by atoms with van der Waals surface area (Å²) in [5.74, 6) is 0.125. The van der Waals surface area contributed by atoms with Gasteiger partial charge in [0.2, 0.25) is 0 Å². The molecule has 2 heteroatoms. The first-order chi connectivity index (χ1) is 12.8. The summed E-state index contributed by atoms with van der Waals surface area (Å²) in [6.45, 7) is 0. The summed E-state index contributed by atoms with van der Waals surface area (Å²) in [6, 6.07) is 30.8. The van der Waals surface area contributed by atoms with Crippen molar-refractivity contribution >= 4 is 0 Å². The van der Waals surface area contributed by atoms with Gasteiger partial charge in [-0.1, -0.05) is 91.0 Å². The van der Waals surface area contributed by atoms with E-state index in [-0.39, 0.29) is 11.5 Å². The van der Waals surface area contributed by atoms with E-state index >= 15 is 0 Å². The molecule has 0 spiro atoms. The van der Waals surface area contributed by atoms with Gasteiger partial charge in [0.1, 0.15) is 11.5 Å². The molecule has 0 aliphatic rings. The standard InChI is InChI=1S/C24H18O2/c25-20-16-21(26)23(18-12-6-2-7-13-18)24(19-14-8-3-9-15-19)22(20)17-10-4-1-5-11-17/h1-16,25-26H. The van der Waals surface area contributed by atoms with Gasteiger partial charge in [0.25, 0.3) is 0 Å². The maximum absolute atomic E-state index is 10.7. The number of rotatable bonds is 3. The SMILES string of the molecule is Oc1cc(O)c(-c2ccccc2)c(-c2ccccc2)c1-c1ccccc1. The average Bonchev–Trinajstić information content (AvgIpc) is 2.69. The van der Waals surface area contributed by atoms with Crippen LogP contribution in [-0.4, -0.2) is 10.2 Å². The molecule has 0 saturated heterocycles. The van der Waals surface area contributed by atoms with Crippen molar-refractivity contribution in [2.75, 3.05) is 0 Å². The van der Waals surface area contributed by atoms with Crippen LogP contribution in [0.25, 0.3) is 33.4 Å². The molecule has 0 aromatic heterocycles. The van der Waals surface area contributed by atoms with E-state index in [9.17, 15) is 10.2 Å². The molecule has 0 unspecified atom stereocenters. The van der Waals surface area contributed by atoms with Gasteiger partial charge in [0, 0.05) is 22.8 Å². The van der Waals surface area contributed by atoms with Crippen molar-refractivity contribution in [1.82, 2.24) is 0 Å². The molecule has 2 nitrogen and oxygen atoms in total. The Morgan fingerprint density at radius 1 is 0.385 bits per heavy atom. The Morgan fingerprint density at radius 2 is 0.692 bits per heavy atom. The molecule has 126 valence electrons. The van der Waals surface area contributed by atoms with Crippen molar-refractivity contribution in [2.45, 2.75) is 0 Å². The number of hydrogen-bond acceptors (Lipinski definition) is 2. The smallest absolute Gasteiger partial charge is 0.127 e. The first kappa shape index (κ1) is 16.0. The third kappa shape index (κ3) is 2.82. The number of aromatic hydroxyl groups is 2. The minimum Gasteiger partial charge on any atom is -0.507 e. The molecule has 0 amide bonds. The van der Waals surface area contributed by atoms with Crippen LogP contribution in [0.2, 0.25) is 0 Å². The Labute approximate surface area is 152 Å². The van der Waals surface area contributed by atoms with Gasteiger partial charge >= 0.3 is 0 Å². The van der Waals surface area contributed by atoms with E-state index in [2.05, 4.69) is 0 Å². The van der Waals surface area contributed by atoms with E-state index in [0.717, 1.165) is 22.3 Å². The fraction of sp³-hybridized carbons (Fsp3) is 0. The lowest BCUT2D eigenvalue weighted by Crippen LogP contribution is -1.92. The number of phenolic OH excluding ortho intramolecular Hbond substituents is 2. The second-order valence-corrected chi connectivity index (χ2v) is 6.14. The van der Waals surface area contributed by atoms with Gasteiger partial charge < -0.3 is 10.2 Å². The first-order valence-electron chi connectivity index (χ1n) is 8.51. The lowest BCUT2D eigenvalue weighted by molar-refractivity contribution is 0.453. The molecule has 0 atom stereocenters. The predicted octanol–water partition coefficient (Wildman–Crippen LogP) is 6.10. The van der Waals surface area contributed by atoms with Crippen LogP contribution >= 0.6 is 0 Å². The van der Waals surface area contributed by atoms with E-state index in [4.69, 9.17) is 0 Å². The Hall–Kier alpha value is -3.52. The molecule has 0 saturated carbocycles. The van der Waals surface area contributed by atoms with Crippen LogP contribution in [0.15, 0.2) is 97.1 Å². The van der Waals surface area contributed by atoms with E-state index in [1.807, 2.05) is 91.0 Å². The molecule has 0 aliphatic heterocycles. The summed E-state index contributed by atoms with van der Waals surface area (Å²) >= 11 is 0. The van der Waals surface area contributed by atoms with Crippen LogP contribution in [0, 0.1) is 0 Å². The molecule has 0 aliphatic carbocycles. The third-order valence-electron chi connectivity index (χ3n) is 4.47. The van der Waals surface area contributed by atoms with Gasteiger partial charge in [-0.15, -0.1) is 0 Å². The molecule has 0 bridgehead atoms. The Balaban J connectivity index is 2.13. The fourth-order valence-corrected chi connectivity index (χ4v) is 3.34. The predicted molar refractivity (Wildman–Crippen MR) is 106 cm³/mol. The normalized spacial score (nSPS) is 10.6. The minimum atomic E-state index is 0.0623. The van der Waals surface area contributed by atoms with E-state index in [1.54, 1.807) is 0 Å². The monoisotopic (exact) mass is 338 g/mol. The van der Waals surface area contributed by atoms with Gasteiger partial charge in [-0.05, 0) is 16.7 Å². The van der Waals surface area contributed by atoms with Gasteiger partial charge in [0.05, 0.1) is 0 Å². The zero-order valence-electron chi connectivity index (χ0n) is 14.1. The molecule has 26 heavy (non-hydrogen) atoms. The van der Waals surface area contributed by atoms with Gasteiger partial charge in [-0.25, -0.2) is 0 Å². The number of hydrogen-bond donors (Lipinski definition) is 2. The Kier molecular flexibility index (Phi) is 4.16. The second-order valence-electron chi connectivity index (χ2n) is 6.14. The number of phenols is 2. The van der Waals surface area contributed by atoms with Gasteiger partial charge in [-0.3, -0.25) is 0 Å². The topological polar surface area (TPSA) is 40.5 Å². The first-order valence-corrected chi connectivity index (χ1v) is 8.51. The number of benzene rings is 4. The molecule has 0 radical (unpaired) electrons. The molecular formula is C24H18O2. The largest absolute Gasteiger partial charge is 0.507 e.